The number of benzene rings is 1. The Balaban J connectivity index is 1.42. The Morgan fingerprint density at radius 3 is 2.52 bits per heavy atom. The van der Waals surface area contributed by atoms with Gasteiger partial charge in [-0.1, -0.05) is 22.0 Å². The van der Waals surface area contributed by atoms with Crippen molar-refractivity contribution in [3.05, 3.63) is 38.9 Å². The number of amides is 1. The van der Waals surface area contributed by atoms with Gasteiger partial charge in [0.2, 0.25) is 5.91 Å². The van der Waals surface area contributed by atoms with Gasteiger partial charge in [-0.2, -0.15) is 0 Å². The number of aromatic amines is 2. The Kier molecular flexibility index (Phi) is 3.70. The van der Waals surface area contributed by atoms with E-state index in [0.717, 1.165) is 31.1 Å². The number of carbonyl (C=O) groups excluding carboxylic acids is 1. The lowest BCUT2D eigenvalue weighted by atomic mass is 9.48. The SMILES string of the molecule is O=C(CC12C[C@H]3C[C@@H](CC(Br)(C3)C1)C2)Nc1cccc2c(=O)[nH][nH]c(=O)c12. The average molecular weight is 432 g/mol. The van der Waals surface area contributed by atoms with Crippen LogP contribution >= 0.6 is 15.9 Å². The largest absolute Gasteiger partial charge is 0.325 e. The molecule has 0 unspecified atom stereocenters. The minimum Gasteiger partial charge on any atom is -0.325 e. The maximum absolute atomic E-state index is 12.9. The maximum atomic E-state index is 12.9. The summed E-state index contributed by atoms with van der Waals surface area (Å²) >= 11 is 3.98. The van der Waals surface area contributed by atoms with Crippen LogP contribution in [-0.4, -0.2) is 20.4 Å². The van der Waals surface area contributed by atoms with Gasteiger partial charge < -0.3 is 5.32 Å². The molecule has 3 N–H and O–H groups in total. The van der Waals surface area contributed by atoms with Gasteiger partial charge in [0.05, 0.1) is 16.5 Å². The molecule has 1 amide bonds. The van der Waals surface area contributed by atoms with Gasteiger partial charge >= 0.3 is 0 Å². The third-order valence-electron chi connectivity index (χ3n) is 6.75. The summed E-state index contributed by atoms with van der Waals surface area (Å²) in [6, 6.07) is 4.96. The lowest BCUT2D eigenvalue weighted by Gasteiger charge is -2.60. The molecule has 1 heterocycles. The van der Waals surface area contributed by atoms with Crippen molar-refractivity contribution >= 4 is 38.3 Å². The number of H-pyrrole nitrogens is 2. The van der Waals surface area contributed by atoms with Crippen molar-refractivity contribution in [2.45, 2.75) is 49.3 Å². The molecule has 4 aliphatic rings. The highest BCUT2D eigenvalue weighted by molar-refractivity contribution is 9.10. The highest BCUT2D eigenvalue weighted by Crippen LogP contribution is 2.65. The topological polar surface area (TPSA) is 94.8 Å². The molecular formula is C20H22BrN3O3. The van der Waals surface area contributed by atoms with Crippen LogP contribution < -0.4 is 16.4 Å². The first kappa shape index (κ1) is 17.2. The summed E-state index contributed by atoms with van der Waals surface area (Å²) in [6.45, 7) is 0. The minimum atomic E-state index is -0.408. The Morgan fingerprint density at radius 1 is 1.11 bits per heavy atom. The first-order chi connectivity index (χ1) is 12.8. The molecule has 2 atom stereocenters. The fraction of sp³-hybridized carbons (Fsp3) is 0.550. The second-order valence-electron chi connectivity index (χ2n) is 8.97. The Labute approximate surface area is 164 Å². The van der Waals surface area contributed by atoms with Gasteiger partial charge in [-0.25, -0.2) is 0 Å². The molecule has 1 aromatic heterocycles. The number of hydrogen-bond donors (Lipinski definition) is 3. The number of nitrogens with one attached hydrogen (secondary N) is 3. The second-order valence-corrected chi connectivity index (χ2v) is 10.7. The highest BCUT2D eigenvalue weighted by atomic mass is 79.9. The quantitative estimate of drug-likeness (QED) is 0.650. The highest BCUT2D eigenvalue weighted by Gasteiger charge is 2.57. The van der Waals surface area contributed by atoms with E-state index >= 15 is 0 Å². The second kappa shape index (κ2) is 5.80. The van der Waals surface area contributed by atoms with E-state index in [2.05, 4.69) is 31.4 Å². The van der Waals surface area contributed by atoms with E-state index in [-0.39, 0.29) is 32.0 Å². The fourth-order valence-corrected chi connectivity index (χ4v) is 7.92. The Bertz CT molecular complexity index is 1040. The zero-order chi connectivity index (χ0) is 18.8. The zero-order valence-corrected chi connectivity index (χ0v) is 16.5. The number of rotatable bonds is 3. The zero-order valence-electron chi connectivity index (χ0n) is 14.9. The van der Waals surface area contributed by atoms with Gasteiger partial charge in [-0.15, -0.1) is 0 Å². The lowest BCUT2D eigenvalue weighted by Crippen LogP contribution is -2.53. The molecule has 4 bridgehead atoms. The van der Waals surface area contributed by atoms with Crippen LogP contribution in [0.15, 0.2) is 27.8 Å². The van der Waals surface area contributed by atoms with Crippen LogP contribution in [0.3, 0.4) is 0 Å². The number of aromatic nitrogens is 2. The van der Waals surface area contributed by atoms with Crippen LogP contribution in [0.5, 0.6) is 0 Å². The normalized spacial score (nSPS) is 34.1. The maximum Gasteiger partial charge on any atom is 0.272 e. The van der Waals surface area contributed by atoms with Gasteiger partial charge in [0.15, 0.2) is 0 Å². The molecule has 4 fully saturated rings. The van der Waals surface area contributed by atoms with Crippen molar-refractivity contribution in [3.8, 4) is 0 Å². The van der Waals surface area contributed by atoms with Crippen molar-refractivity contribution in [2.75, 3.05) is 5.32 Å². The molecule has 0 spiro atoms. The van der Waals surface area contributed by atoms with Gasteiger partial charge in [0.25, 0.3) is 11.1 Å². The summed E-state index contributed by atoms with van der Waals surface area (Å²) in [5, 5.41) is 8.09. The summed E-state index contributed by atoms with van der Waals surface area (Å²) in [5.41, 5.74) is -0.313. The van der Waals surface area contributed by atoms with E-state index in [1.54, 1.807) is 18.2 Å². The molecule has 6 rings (SSSR count). The minimum absolute atomic E-state index is 0.0616. The summed E-state index contributed by atoms with van der Waals surface area (Å²) < 4.78 is 0.210. The molecule has 4 saturated carbocycles. The molecule has 1 aromatic carbocycles. The molecule has 142 valence electrons. The number of alkyl halides is 1. The predicted molar refractivity (Wildman–Crippen MR) is 107 cm³/mol. The number of carbonyl (C=O) groups is 1. The summed E-state index contributed by atoms with van der Waals surface area (Å²) in [6.07, 6.45) is 7.54. The van der Waals surface area contributed by atoms with E-state index in [9.17, 15) is 14.4 Å². The predicted octanol–water partition coefficient (Wildman–Crippen LogP) is 3.28. The summed E-state index contributed by atoms with van der Waals surface area (Å²) in [4.78, 5) is 37.1. The summed E-state index contributed by atoms with van der Waals surface area (Å²) in [7, 11) is 0. The van der Waals surface area contributed by atoms with Gasteiger partial charge in [-0.05, 0) is 67.9 Å². The van der Waals surface area contributed by atoms with Crippen molar-refractivity contribution in [1.82, 2.24) is 10.2 Å². The van der Waals surface area contributed by atoms with Crippen molar-refractivity contribution in [1.29, 1.82) is 0 Å². The third kappa shape index (κ3) is 2.87. The third-order valence-corrected chi connectivity index (χ3v) is 7.67. The average Bonchev–Trinajstić information content (AvgIpc) is 2.55. The molecule has 6 nitrogen and oxygen atoms in total. The van der Waals surface area contributed by atoms with Crippen molar-refractivity contribution < 1.29 is 4.79 Å². The van der Waals surface area contributed by atoms with Gasteiger partial charge in [0, 0.05) is 10.7 Å². The number of fused-ring (bicyclic) bond motifs is 1. The Hall–Kier alpha value is -1.89. The standard InChI is InChI=1S/C20H22BrN3O3/c21-20-7-11-4-12(8-20)6-19(5-11,10-20)9-15(25)22-14-3-1-2-13-16(14)18(27)24-23-17(13)26/h1-3,11-12H,4-10H2,(H,22,25)(H,23,26)(H,24,27)/t11-,12-,19?,20?/m1/s1. The van der Waals surface area contributed by atoms with Crippen LogP contribution in [-0.2, 0) is 4.79 Å². The van der Waals surface area contributed by atoms with E-state index in [4.69, 9.17) is 0 Å². The lowest BCUT2D eigenvalue weighted by molar-refractivity contribution is -0.123. The molecular weight excluding hydrogens is 410 g/mol. The van der Waals surface area contributed by atoms with E-state index in [1.165, 1.54) is 19.3 Å². The van der Waals surface area contributed by atoms with E-state index < -0.39 is 5.56 Å². The van der Waals surface area contributed by atoms with Crippen LogP contribution in [0.25, 0.3) is 10.8 Å². The fourth-order valence-electron chi connectivity index (χ4n) is 6.41. The van der Waals surface area contributed by atoms with E-state index in [1.807, 2.05) is 0 Å². The molecule has 0 radical (unpaired) electrons. The smallest absolute Gasteiger partial charge is 0.272 e. The number of anilines is 1. The first-order valence-corrected chi connectivity index (χ1v) is 10.4. The van der Waals surface area contributed by atoms with Crippen molar-refractivity contribution in [2.24, 2.45) is 17.3 Å². The van der Waals surface area contributed by atoms with Crippen LogP contribution in [0, 0.1) is 17.3 Å². The molecule has 0 aliphatic heterocycles. The van der Waals surface area contributed by atoms with Crippen molar-refractivity contribution in [3.63, 3.8) is 0 Å². The van der Waals surface area contributed by atoms with Crippen LogP contribution in [0.1, 0.15) is 44.9 Å². The number of halogens is 1. The molecule has 0 saturated heterocycles. The molecule has 2 aromatic rings. The molecule has 27 heavy (non-hydrogen) atoms. The Morgan fingerprint density at radius 2 is 1.81 bits per heavy atom. The molecule has 4 aliphatic carbocycles. The van der Waals surface area contributed by atoms with Crippen LogP contribution in [0.2, 0.25) is 0 Å². The monoisotopic (exact) mass is 431 g/mol. The van der Waals surface area contributed by atoms with Crippen LogP contribution in [0.4, 0.5) is 5.69 Å². The molecule has 7 heteroatoms. The van der Waals surface area contributed by atoms with E-state index in [0.29, 0.717) is 12.1 Å². The number of hydrogen-bond acceptors (Lipinski definition) is 3. The summed E-state index contributed by atoms with van der Waals surface area (Å²) in [5.74, 6) is 1.37. The van der Waals surface area contributed by atoms with Gasteiger partial charge in [-0.3, -0.25) is 24.6 Å². The first-order valence-electron chi connectivity index (χ1n) is 9.57. The van der Waals surface area contributed by atoms with Gasteiger partial charge in [0.1, 0.15) is 0 Å².